The molecule has 66 heavy (non-hydrogen) atoms. The maximum atomic E-state index is 17.4. The van der Waals surface area contributed by atoms with Crippen molar-refractivity contribution in [2.24, 2.45) is 5.41 Å². The van der Waals surface area contributed by atoms with Crippen LogP contribution in [0.2, 0.25) is 0 Å². The molecule has 3 aromatic carbocycles. The molecule has 4 aromatic rings. The highest BCUT2D eigenvalue weighted by molar-refractivity contribution is 8.13. The number of hydrogen-bond acceptors (Lipinski definition) is 13. The number of alkyl halides is 1. The lowest BCUT2D eigenvalue weighted by Crippen LogP contribution is -2.41. The predicted molar refractivity (Wildman–Crippen MR) is 255 cm³/mol. The summed E-state index contributed by atoms with van der Waals surface area (Å²) < 4.78 is 63.4. The van der Waals surface area contributed by atoms with Gasteiger partial charge >= 0.3 is 11.7 Å². The van der Waals surface area contributed by atoms with Crippen molar-refractivity contribution in [1.29, 1.82) is 0 Å². The van der Waals surface area contributed by atoms with Crippen LogP contribution in [0.15, 0.2) is 113 Å². The quantitative estimate of drug-likeness (QED) is 0.0221. The average molecular weight is 952 g/mol. The first-order valence-corrected chi connectivity index (χ1v) is 24.1. The van der Waals surface area contributed by atoms with E-state index in [-0.39, 0.29) is 55.2 Å². The van der Waals surface area contributed by atoms with Crippen LogP contribution in [-0.4, -0.2) is 95.6 Å². The van der Waals surface area contributed by atoms with Crippen LogP contribution in [0.1, 0.15) is 83.7 Å². The number of benzene rings is 3. The Hall–Kier alpha value is -4.67. The molecule has 5 atom stereocenters. The second-order valence-electron chi connectivity index (χ2n) is 16.9. The van der Waals surface area contributed by atoms with Crippen LogP contribution >= 0.6 is 20.3 Å². The number of aromatic nitrogens is 2. The topological polar surface area (TPSA) is 157 Å². The van der Waals surface area contributed by atoms with E-state index in [9.17, 15) is 19.2 Å². The molecule has 0 bridgehead atoms. The lowest BCUT2D eigenvalue weighted by Gasteiger charge is -2.39. The van der Waals surface area contributed by atoms with Crippen LogP contribution in [0, 0.1) is 5.41 Å². The Kier molecular flexibility index (Phi) is 19.3. The molecule has 1 saturated heterocycles. The number of nitrogens with zero attached hydrogens (tertiary/aromatic N) is 2. The first-order valence-electron chi connectivity index (χ1n) is 22.0. The number of carbonyl (C=O) groups is 2. The molecule has 358 valence electrons. The fraction of sp³-hybridized carbons (Fsp3) is 0.469. The summed E-state index contributed by atoms with van der Waals surface area (Å²) in [7, 11) is 1.14. The van der Waals surface area contributed by atoms with Crippen LogP contribution < -0.4 is 20.7 Å². The number of nitrogens with one attached hydrogen (secondary N) is 1. The third kappa shape index (κ3) is 13.1. The molecular formula is C49H63FN3O11PS. The number of halogens is 1. The number of ether oxygens (including phenoxy) is 5. The minimum atomic E-state index is -2.03. The number of carbonyl (C=O) groups excluding carboxylic acids is 2. The van der Waals surface area contributed by atoms with E-state index in [4.69, 9.17) is 32.7 Å². The summed E-state index contributed by atoms with van der Waals surface area (Å²) >= 11 is 1.12. The van der Waals surface area contributed by atoms with Crippen LogP contribution in [0.25, 0.3) is 0 Å². The minimum absolute atomic E-state index is 0.0598. The summed E-state index contributed by atoms with van der Waals surface area (Å²) in [5.74, 6) is 1.21. The molecule has 2 heterocycles. The van der Waals surface area contributed by atoms with E-state index in [1.165, 1.54) is 12.3 Å². The zero-order valence-corrected chi connectivity index (χ0v) is 40.7. The molecule has 1 aliphatic heterocycles. The maximum absolute atomic E-state index is 17.4. The molecule has 1 fully saturated rings. The van der Waals surface area contributed by atoms with Gasteiger partial charge in [-0.3, -0.25) is 23.9 Å². The summed E-state index contributed by atoms with van der Waals surface area (Å²) in [6.07, 6.45) is -2.08. The molecule has 14 nitrogen and oxygen atoms in total. The van der Waals surface area contributed by atoms with Crippen molar-refractivity contribution >= 4 is 31.4 Å². The molecule has 5 unspecified atom stereocenters. The number of thioether (sulfide) groups is 1. The van der Waals surface area contributed by atoms with Crippen molar-refractivity contribution in [1.82, 2.24) is 14.2 Å². The van der Waals surface area contributed by atoms with Crippen molar-refractivity contribution in [3.05, 3.63) is 141 Å². The Bertz CT molecular complexity index is 2240. The van der Waals surface area contributed by atoms with Gasteiger partial charge in [0, 0.05) is 41.9 Å². The molecule has 0 aliphatic carbocycles. The average Bonchev–Trinajstić information content (AvgIpc) is 3.60. The predicted octanol–water partition coefficient (Wildman–Crippen LogP) is 8.73. The Morgan fingerprint density at radius 2 is 1.52 bits per heavy atom. The standard InChI is InChI=1S/C49H63FN3O11PS/c1-10-29-60-42(55)17-14-27-48(6,7)46(56)66-31-30-62-65(53(33(2)3)34(4)5)64-44-40(63-45(43(44)50)52-28-26-41(54)51-47(52)57)32-61-49(35-15-12-11-13-16-35,36-18-22-38(58-8)23-19-36)37-20-24-39(59-9)25-21-37/h10-13,15-16,18-26,28,33-34,40,43-45H,1,14,17,27,29-32H2,2-9H3,(H,51,54,57). The van der Waals surface area contributed by atoms with Crippen LogP contribution in [0.3, 0.4) is 0 Å². The zero-order chi connectivity index (χ0) is 48.0. The van der Waals surface area contributed by atoms with Crippen molar-refractivity contribution in [2.45, 2.75) is 103 Å². The van der Waals surface area contributed by atoms with Gasteiger partial charge in [-0.2, -0.15) is 0 Å². The van der Waals surface area contributed by atoms with Gasteiger partial charge in [0.1, 0.15) is 35.9 Å². The SMILES string of the molecule is C=CCOC(=O)CCCC(C)(C)C(=O)SCCOP(OC1C(COC(c2ccccc2)(c2ccc(OC)cc2)c2ccc(OC)cc2)OC(n2ccc(=O)[nH]c2=O)C1F)N(C(C)C)C(C)C. The molecule has 0 amide bonds. The van der Waals surface area contributed by atoms with Gasteiger partial charge in [-0.15, -0.1) is 0 Å². The summed E-state index contributed by atoms with van der Waals surface area (Å²) in [5.41, 5.74) is -1.29. The summed E-state index contributed by atoms with van der Waals surface area (Å²) in [6.45, 7) is 15.1. The number of H-pyrrole nitrogens is 1. The highest BCUT2D eigenvalue weighted by atomic mass is 32.2. The number of esters is 1. The Morgan fingerprint density at radius 1 is 0.924 bits per heavy atom. The molecule has 1 aromatic heterocycles. The Balaban J connectivity index is 1.48. The molecule has 0 radical (unpaired) electrons. The molecule has 1 N–H and O–H groups in total. The summed E-state index contributed by atoms with van der Waals surface area (Å²) in [4.78, 5) is 52.9. The number of rotatable bonds is 25. The fourth-order valence-corrected chi connectivity index (χ4v) is 10.5. The number of aromatic amines is 1. The Morgan fingerprint density at radius 3 is 2.06 bits per heavy atom. The van der Waals surface area contributed by atoms with Gasteiger partial charge in [-0.1, -0.05) is 92.9 Å². The second kappa shape index (κ2) is 24.4. The molecule has 5 rings (SSSR count). The van der Waals surface area contributed by atoms with Gasteiger partial charge in [0.25, 0.3) is 14.1 Å². The van der Waals surface area contributed by atoms with Gasteiger partial charge in [-0.05, 0) is 81.5 Å². The molecule has 0 saturated carbocycles. The molecule has 1 aliphatic rings. The van der Waals surface area contributed by atoms with E-state index >= 15 is 4.39 Å². The maximum Gasteiger partial charge on any atom is 0.330 e. The lowest BCUT2D eigenvalue weighted by molar-refractivity contribution is -0.142. The lowest BCUT2D eigenvalue weighted by atomic mass is 9.80. The first kappa shape index (κ1) is 52.3. The third-order valence-electron chi connectivity index (χ3n) is 11.1. The summed E-state index contributed by atoms with van der Waals surface area (Å²) in [5, 5.41) is -0.0598. The van der Waals surface area contributed by atoms with Crippen molar-refractivity contribution in [3.8, 4) is 11.5 Å². The highest BCUT2D eigenvalue weighted by Gasteiger charge is 2.51. The van der Waals surface area contributed by atoms with E-state index in [0.717, 1.165) is 39.1 Å². The normalized spacial score (nSPS) is 18.1. The van der Waals surface area contributed by atoms with Crippen LogP contribution in [-0.2, 0) is 38.4 Å². The van der Waals surface area contributed by atoms with E-state index in [2.05, 4.69) is 11.6 Å². The van der Waals surface area contributed by atoms with E-state index in [1.54, 1.807) is 14.2 Å². The van der Waals surface area contributed by atoms with E-state index in [1.807, 2.05) is 125 Å². The monoisotopic (exact) mass is 951 g/mol. The van der Waals surface area contributed by atoms with Gasteiger partial charge in [0.2, 0.25) is 0 Å². The smallest absolute Gasteiger partial charge is 0.330 e. The van der Waals surface area contributed by atoms with Gasteiger partial charge < -0.3 is 32.7 Å². The fourth-order valence-electron chi connectivity index (χ4n) is 7.76. The Labute approximate surface area is 392 Å². The van der Waals surface area contributed by atoms with Gasteiger partial charge in [-0.25, -0.2) is 13.9 Å². The van der Waals surface area contributed by atoms with Gasteiger partial charge in [0.05, 0.1) is 27.4 Å². The second-order valence-corrected chi connectivity index (χ2v) is 19.4. The molecule has 17 heteroatoms. The third-order valence-corrected chi connectivity index (χ3v) is 14.4. The molecular weight excluding hydrogens is 889 g/mol. The zero-order valence-electron chi connectivity index (χ0n) is 39.0. The number of methoxy groups -OCH3 is 2. The van der Waals surface area contributed by atoms with E-state index in [0.29, 0.717) is 24.3 Å². The minimum Gasteiger partial charge on any atom is -0.497 e. The first-order chi connectivity index (χ1) is 31.6. The number of hydrogen-bond donors (Lipinski definition) is 1. The van der Waals surface area contributed by atoms with Crippen molar-refractivity contribution in [3.63, 3.8) is 0 Å². The summed E-state index contributed by atoms with van der Waals surface area (Å²) in [6, 6.07) is 25.5. The largest absolute Gasteiger partial charge is 0.497 e. The van der Waals surface area contributed by atoms with Crippen LogP contribution in [0.4, 0.5) is 4.39 Å². The van der Waals surface area contributed by atoms with Crippen molar-refractivity contribution < 1.29 is 46.7 Å². The van der Waals surface area contributed by atoms with Gasteiger partial charge in [0.15, 0.2) is 17.5 Å². The molecule has 0 spiro atoms. The van der Waals surface area contributed by atoms with Crippen molar-refractivity contribution in [2.75, 3.05) is 39.8 Å². The highest BCUT2D eigenvalue weighted by Crippen LogP contribution is 2.51. The van der Waals surface area contributed by atoms with E-state index < -0.39 is 55.4 Å². The van der Waals surface area contributed by atoms with Crippen LogP contribution in [0.5, 0.6) is 11.5 Å².